The molecule has 0 spiro atoms. The highest BCUT2D eigenvalue weighted by molar-refractivity contribution is 6.32. The number of anilines is 1. The lowest BCUT2D eigenvalue weighted by atomic mass is 10.1. The van der Waals surface area contributed by atoms with Crippen LogP contribution in [0.3, 0.4) is 0 Å². The Labute approximate surface area is 179 Å². The molecule has 3 aromatic carbocycles. The molecule has 3 rings (SSSR count). The number of para-hydroxylation sites is 1. The second-order valence-electron chi connectivity index (χ2n) is 6.51. The SMILES string of the molecule is COc1ccc(NC(=O)C(OC(=O)c2cccc(C)c2O)c2ccccc2)cc1Cl. The van der Waals surface area contributed by atoms with E-state index >= 15 is 0 Å². The Kier molecular flexibility index (Phi) is 6.59. The predicted molar refractivity (Wildman–Crippen MR) is 114 cm³/mol. The number of methoxy groups -OCH3 is 1. The zero-order valence-electron chi connectivity index (χ0n) is 16.4. The number of nitrogens with one attached hydrogen (secondary N) is 1. The summed E-state index contributed by atoms with van der Waals surface area (Å²) >= 11 is 6.12. The molecule has 0 aliphatic heterocycles. The monoisotopic (exact) mass is 425 g/mol. The van der Waals surface area contributed by atoms with Gasteiger partial charge in [0.2, 0.25) is 6.10 Å². The molecule has 1 atom stereocenters. The van der Waals surface area contributed by atoms with Crippen LogP contribution in [0.25, 0.3) is 0 Å². The van der Waals surface area contributed by atoms with Crippen LogP contribution in [0.2, 0.25) is 5.02 Å². The zero-order chi connectivity index (χ0) is 21.7. The van der Waals surface area contributed by atoms with Gasteiger partial charge in [0, 0.05) is 11.3 Å². The molecule has 1 unspecified atom stereocenters. The first-order valence-electron chi connectivity index (χ1n) is 9.09. The Bertz CT molecular complexity index is 1070. The van der Waals surface area contributed by atoms with Gasteiger partial charge in [-0.2, -0.15) is 0 Å². The van der Waals surface area contributed by atoms with E-state index in [4.69, 9.17) is 21.1 Å². The molecule has 0 aliphatic carbocycles. The molecule has 154 valence electrons. The quantitative estimate of drug-likeness (QED) is 0.549. The Morgan fingerprint density at radius 3 is 2.43 bits per heavy atom. The van der Waals surface area contributed by atoms with E-state index in [9.17, 15) is 14.7 Å². The third-order valence-corrected chi connectivity index (χ3v) is 4.74. The van der Waals surface area contributed by atoms with E-state index in [1.165, 1.54) is 19.2 Å². The lowest BCUT2D eigenvalue weighted by molar-refractivity contribution is -0.125. The lowest BCUT2D eigenvalue weighted by Gasteiger charge is -2.19. The predicted octanol–water partition coefficient (Wildman–Crippen LogP) is 4.90. The summed E-state index contributed by atoms with van der Waals surface area (Å²) in [5.41, 5.74) is 1.41. The fourth-order valence-electron chi connectivity index (χ4n) is 2.85. The highest BCUT2D eigenvalue weighted by atomic mass is 35.5. The first-order chi connectivity index (χ1) is 14.4. The maximum atomic E-state index is 13.0. The van der Waals surface area contributed by atoms with Crippen molar-refractivity contribution in [1.29, 1.82) is 0 Å². The molecule has 3 aromatic rings. The number of ether oxygens (including phenoxy) is 2. The van der Waals surface area contributed by atoms with Gasteiger partial charge in [0.15, 0.2) is 0 Å². The maximum absolute atomic E-state index is 13.0. The number of carbonyl (C=O) groups is 2. The molecule has 0 fully saturated rings. The minimum atomic E-state index is -1.24. The second kappa shape index (κ2) is 9.33. The average Bonchev–Trinajstić information content (AvgIpc) is 2.74. The molecule has 6 nitrogen and oxygen atoms in total. The van der Waals surface area contributed by atoms with E-state index in [1.807, 2.05) is 0 Å². The number of benzene rings is 3. The number of esters is 1. The van der Waals surface area contributed by atoms with Crippen LogP contribution in [0.1, 0.15) is 27.6 Å². The Hall–Kier alpha value is -3.51. The number of hydrogen-bond donors (Lipinski definition) is 2. The van der Waals surface area contributed by atoms with Crippen molar-refractivity contribution in [3.8, 4) is 11.5 Å². The number of aryl methyl sites for hydroxylation is 1. The van der Waals surface area contributed by atoms with Gasteiger partial charge in [-0.25, -0.2) is 4.79 Å². The van der Waals surface area contributed by atoms with Crippen molar-refractivity contribution >= 4 is 29.2 Å². The first-order valence-corrected chi connectivity index (χ1v) is 9.47. The van der Waals surface area contributed by atoms with E-state index in [2.05, 4.69) is 5.32 Å². The van der Waals surface area contributed by atoms with Crippen molar-refractivity contribution in [2.24, 2.45) is 0 Å². The zero-order valence-corrected chi connectivity index (χ0v) is 17.1. The number of carbonyl (C=O) groups excluding carboxylic acids is 2. The number of rotatable bonds is 6. The summed E-state index contributed by atoms with van der Waals surface area (Å²) in [6.07, 6.45) is -1.24. The van der Waals surface area contributed by atoms with Crippen molar-refractivity contribution < 1.29 is 24.2 Å². The molecule has 0 saturated heterocycles. The van der Waals surface area contributed by atoms with E-state index in [0.29, 0.717) is 27.6 Å². The molecular weight excluding hydrogens is 406 g/mol. The van der Waals surface area contributed by atoms with Crippen LogP contribution in [0.5, 0.6) is 11.5 Å². The van der Waals surface area contributed by atoms with Gasteiger partial charge in [0.05, 0.1) is 12.1 Å². The number of amides is 1. The number of hydrogen-bond acceptors (Lipinski definition) is 5. The topological polar surface area (TPSA) is 84.9 Å². The van der Waals surface area contributed by atoms with Gasteiger partial charge in [-0.1, -0.05) is 54.1 Å². The van der Waals surface area contributed by atoms with E-state index < -0.39 is 18.0 Å². The van der Waals surface area contributed by atoms with Crippen LogP contribution >= 0.6 is 11.6 Å². The van der Waals surface area contributed by atoms with E-state index in [1.54, 1.807) is 61.5 Å². The number of phenolic OH excluding ortho intramolecular Hbond substituents is 1. The molecular formula is C23H20ClNO5. The van der Waals surface area contributed by atoms with Gasteiger partial charge in [-0.3, -0.25) is 4.79 Å². The lowest BCUT2D eigenvalue weighted by Crippen LogP contribution is -2.26. The Morgan fingerprint density at radius 1 is 1.03 bits per heavy atom. The summed E-state index contributed by atoms with van der Waals surface area (Å²) in [5, 5.41) is 13.2. The minimum Gasteiger partial charge on any atom is -0.507 e. The van der Waals surface area contributed by atoms with Gasteiger partial charge >= 0.3 is 5.97 Å². The second-order valence-corrected chi connectivity index (χ2v) is 6.91. The van der Waals surface area contributed by atoms with Crippen molar-refractivity contribution in [2.45, 2.75) is 13.0 Å². The van der Waals surface area contributed by atoms with Gasteiger partial charge in [0.1, 0.15) is 17.1 Å². The number of phenols is 1. The molecule has 0 aromatic heterocycles. The molecule has 0 bridgehead atoms. The van der Waals surface area contributed by atoms with Crippen LogP contribution in [0, 0.1) is 6.92 Å². The Morgan fingerprint density at radius 2 is 1.77 bits per heavy atom. The third kappa shape index (κ3) is 4.72. The van der Waals surface area contributed by atoms with Crippen molar-refractivity contribution in [3.63, 3.8) is 0 Å². The van der Waals surface area contributed by atoms with Gasteiger partial charge in [0.25, 0.3) is 5.91 Å². The summed E-state index contributed by atoms with van der Waals surface area (Å²) < 4.78 is 10.6. The molecule has 30 heavy (non-hydrogen) atoms. The maximum Gasteiger partial charge on any atom is 0.343 e. The fourth-order valence-corrected chi connectivity index (χ4v) is 3.10. The van der Waals surface area contributed by atoms with E-state index in [-0.39, 0.29) is 11.3 Å². The van der Waals surface area contributed by atoms with Gasteiger partial charge in [-0.05, 0) is 36.8 Å². The summed E-state index contributed by atoms with van der Waals surface area (Å²) in [7, 11) is 1.49. The van der Waals surface area contributed by atoms with Crippen molar-refractivity contribution in [3.05, 3.63) is 88.4 Å². The molecule has 1 amide bonds. The van der Waals surface area contributed by atoms with Crippen LogP contribution in [0.15, 0.2) is 66.7 Å². The van der Waals surface area contributed by atoms with Crippen LogP contribution in [-0.2, 0) is 9.53 Å². The molecule has 0 aliphatic rings. The van der Waals surface area contributed by atoms with E-state index in [0.717, 1.165) is 0 Å². The smallest absolute Gasteiger partial charge is 0.343 e. The minimum absolute atomic E-state index is 0.0174. The van der Waals surface area contributed by atoms with Crippen molar-refractivity contribution in [1.82, 2.24) is 0 Å². The highest BCUT2D eigenvalue weighted by Crippen LogP contribution is 2.29. The summed E-state index contributed by atoms with van der Waals surface area (Å²) in [4.78, 5) is 25.7. The highest BCUT2D eigenvalue weighted by Gasteiger charge is 2.27. The summed E-state index contributed by atoms with van der Waals surface area (Å²) in [5.74, 6) is -1.09. The molecule has 7 heteroatoms. The normalized spacial score (nSPS) is 11.4. The average molecular weight is 426 g/mol. The number of halogens is 1. The molecule has 0 saturated carbocycles. The Balaban J connectivity index is 1.87. The van der Waals surface area contributed by atoms with Crippen molar-refractivity contribution in [2.75, 3.05) is 12.4 Å². The van der Waals surface area contributed by atoms with Crippen LogP contribution < -0.4 is 10.1 Å². The third-order valence-electron chi connectivity index (χ3n) is 4.44. The van der Waals surface area contributed by atoms with Crippen LogP contribution in [-0.4, -0.2) is 24.1 Å². The fraction of sp³-hybridized carbons (Fsp3) is 0.130. The first kappa shape index (κ1) is 21.2. The standard InChI is InChI=1S/C23H20ClNO5/c1-14-7-6-10-17(20(14)26)23(28)30-21(15-8-4-3-5-9-15)22(27)25-16-11-12-19(29-2)18(24)13-16/h3-13,21,26H,1-2H3,(H,25,27). The summed E-state index contributed by atoms with van der Waals surface area (Å²) in [6.45, 7) is 1.67. The largest absolute Gasteiger partial charge is 0.507 e. The van der Waals surface area contributed by atoms with Gasteiger partial charge < -0.3 is 19.9 Å². The van der Waals surface area contributed by atoms with Crippen LogP contribution in [0.4, 0.5) is 5.69 Å². The summed E-state index contributed by atoms with van der Waals surface area (Å²) in [6, 6.07) is 18.1. The number of aromatic hydroxyl groups is 1. The molecule has 2 N–H and O–H groups in total. The molecule has 0 radical (unpaired) electrons. The molecule has 0 heterocycles. The van der Waals surface area contributed by atoms with Gasteiger partial charge in [-0.15, -0.1) is 0 Å².